The van der Waals surface area contributed by atoms with E-state index in [2.05, 4.69) is 10.3 Å². The van der Waals surface area contributed by atoms with Gasteiger partial charge in [-0.15, -0.1) is 0 Å². The number of nitrogens with one attached hydrogen (secondary N) is 1. The molecule has 0 aromatic carbocycles. The molecule has 0 aliphatic carbocycles. The van der Waals surface area contributed by atoms with Crippen molar-refractivity contribution in [2.24, 2.45) is 0 Å². The number of carbonyl (C=O) groups excluding carboxylic acids is 1. The number of hydrogen-bond acceptors (Lipinski definition) is 3. The molecular formula is C19H25N3O2. The van der Waals surface area contributed by atoms with Crippen molar-refractivity contribution in [3.63, 3.8) is 0 Å². The highest BCUT2D eigenvalue weighted by Gasteiger charge is 2.30. The summed E-state index contributed by atoms with van der Waals surface area (Å²) in [5.74, 6) is 1.91. The molecule has 2 aromatic rings. The van der Waals surface area contributed by atoms with E-state index in [4.69, 9.17) is 4.42 Å². The molecule has 2 atom stereocenters. The molecule has 3 rings (SSSR count). The van der Waals surface area contributed by atoms with Crippen molar-refractivity contribution in [1.82, 2.24) is 15.2 Å². The molecule has 1 saturated heterocycles. The van der Waals surface area contributed by atoms with Crippen molar-refractivity contribution in [1.29, 1.82) is 0 Å². The Morgan fingerprint density at radius 3 is 2.88 bits per heavy atom. The summed E-state index contributed by atoms with van der Waals surface area (Å²) in [6, 6.07) is 8.27. The molecule has 0 radical (unpaired) electrons. The number of urea groups is 1. The molecule has 2 unspecified atom stereocenters. The predicted octanol–water partition coefficient (Wildman–Crippen LogP) is 3.85. The van der Waals surface area contributed by atoms with Crippen molar-refractivity contribution < 1.29 is 9.21 Å². The standard InChI is InChI=1S/C19H25N3O2/c1-14(5-7-17-8-6-15(2)24-17)21-19(23)22-13-3-4-18(22)16-9-11-20-12-10-16/h6,8-12,14,18H,3-5,7,13H2,1-2H3,(H,21,23). The zero-order valence-electron chi connectivity index (χ0n) is 14.4. The van der Waals surface area contributed by atoms with Gasteiger partial charge in [0.25, 0.3) is 0 Å². The summed E-state index contributed by atoms with van der Waals surface area (Å²) >= 11 is 0. The maximum atomic E-state index is 12.6. The van der Waals surface area contributed by atoms with Gasteiger partial charge >= 0.3 is 6.03 Å². The molecule has 0 bridgehead atoms. The fourth-order valence-corrected chi connectivity index (χ4v) is 3.29. The van der Waals surface area contributed by atoms with Gasteiger partial charge in [-0.25, -0.2) is 4.79 Å². The number of amides is 2. The second-order valence-corrected chi connectivity index (χ2v) is 6.53. The van der Waals surface area contributed by atoms with Crippen LogP contribution in [0.1, 0.15) is 49.3 Å². The van der Waals surface area contributed by atoms with Gasteiger partial charge in [0.05, 0.1) is 6.04 Å². The fourth-order valence-electron chi connectivity index (χ4n) is 3.29. The van der Waals surface area contributed by atoms with Crippen LogP contribution in [0.3, 0.4) is 0 Å². The van der Waals surface area contributed by atoms with Gasteiger partial charge in [-0.1, -0.05) is 0 Å². The molecule has 1 N–H and O–H groups in total. The van der Waals surface area contributed by atoms with Gasteiger partial charge in [-0.05, 0) is 62.9 Å². The highest BCUT2D eigenvalue weighted by molar-refractivity contribution is 5.75. The first kappa shape index (κ1) is 16.6. The number of carbonyl (C=O) groups is 1. The normalized spacial score (nSPS) is 18.6. The maximum absolute atomic E-state index is 12.6. The molecule has 5 nitrogen and oxygen atoms in total. The number of hydrogen-bond donors (Lipinski definition) is 1. The first-order chi connectivity index (χ1) is 11.6. The van der Waals surface area contributed by atoms with Crippen molar-refractivity contribution in [2.45, 2.75) is 51.6 Å². The van der Waals surface area contributed by atoms with Crippen LogP contribution in [0.2, 0.25) is 0 Å². The second kappa shape index (κ2) is 7.51. The van der Waals surface area contributed by atoms with Crippen molar-refractivity contribution in [2.75, 3.05) is 6.54 Å². The van der Waals surface area contributed by atoms with E-state index >= 15 is 0 Å². The Bertz CT molecular complexity index is 668. The molecule has 0 spiro atoms. The van der Waals surface area contributed by atoms with Crippen LogP contribution in [0, 0.1) is 6.92 Å². The van der Waals surface area contributed by atoms with Crippen LogP contribution in [-0.2, 0) is 6.42 Å². The molecule has 1 aliphatic heterocycles. The number of aromatic nitrogens is 1. The average Bonchev–Trinajstić information content (AvgIpc) is 3.22. The fraction of sp³-hybridized carbons (Fsp3) is 0.474. The minimum Gasteiger partial charge on any atom is -0.466 e. The minimum absolute atomic E-state index is 0.0254. The second-order valence-electron chi connectivity index (χ2n) is 6.53. The zero-order valence-corrected chi connectivity index (χ0v) is 14.4. The van der Waals surface area contributed by atoms with Crippen molar-refractivity contribution in [3.05, 3.63) is 53.7 Å². The summed E-state index contributed by atoms with van der Waals surface area (Å²) in [4.78, 5) is 18.6. The molecule has 24 heavy (non-hydrogen) atoms. The third kappa shape index (κ3) is 3.96. The predicted molar refractivity (Wildman–Crippen MR) is 92.7 cm³/mol. The lowest BCUT2D eigenvalue weighted by molar-refractivity contribution is 0.189. The number of aryl methyl sites for hydroxylation is 2. The molecular weight excluding hydrogens is 302 g/mol. The Morgan fingerprint density at radius 1 is 1.38 bits per heavy atom. The number of likely N-dealkylation sites (tertiary alicyclic amines) is 1. The first-order valence-electron chi connectivity index (χ1n) is 8.66. The van der Waals surface area contributed by atoms with E-state index in [0.717, 1.165) is 49.3 Å². The van der Waals surface area contributed by atoms with E-state index in [9.17, 15) is 4.79 Å². The quantitative estimate of drug-likeness (QED) is 0.907. The lowest BCUT2D eigenvalue weighted by atomic mass is 10.1. The van der Waals surface area contributed by atoms with Gasteiger partial charge in [0, 0.05) is 31.4 Å². The summed E-state index contributed by atoms with van der Waals surface area (Å²) in [6.07, 6.45) is 7.34. The van der Waals surface area contributed by atoms with Gasteiger partial charge in [0.1, 0.15) is 11.5 Å². The van der Waals surface area contributed by atoms with E-state index in [-0.39, 0.29) is 18.1 Å². The summed E-state index contributed by atoms with van der Waals surface area (Å²) in [6.45, 7) is 4.80. The maximum Gasteiger partial charge on any atom is 0.318 e. The van der Waals surface area contributed by atoms with Crippen molar-refractivity contribution >= 4 is 6.03 Å². The molecule has 128 valence electrons. The van der Waals surface area contributed by atoms with Crippen LogP contribution in [0.25, 0.3) is 0 Å². The molecule has 2 amide bonds. The molecule has 0 saturated carbocycles. The molecule has 2 aromatic heterocycles. The van der Waals surface area contributed by atoms with Crippen LogP contribution in [-0.4, -0.2) is 28.5 Å². The molecule has 1 fully saturated rings. The van der Waals surface area contributed by atoms with Gasteiger partial charge in [-0.3, -0.25) is 4.98 Å². The van der Waals surface area contributed by atoms with Gasteiger partial charge in [0.15, 0.2) is 0 Å². The van der Waals surface area contributed by atoms with E-state index in [1.54, 1.807) is 12.4 Å². The van der Waals surface area contributed by atoms with Crippen LogP contribution >= 0.6 is 0 Å². The van der Waals surface area contributed by atoms with Crippen LogP contribution in [0.4, 0.5) is 4.79 Å². The monoisotopic (exact) mass is 327 g/mol. The zero-order chi connectivity index (χ0) is 16.9. The minimum atomic E-state index is 0.0254. The highest BCUT2D eigenvalue weighted by Crippen LogP contribution is 2.31. The van der Waals surface area contributed by atoms with E-state index < -0.39 is 0 Å². The Balaban J connectivity index is 1.53. The smallest absolute Gasteiger partial charge is 0.318 e. The number of rotatable bonds is 5. The van der Waals surface area contributed by atoms with E-state index in [1.165, 1.54) is 0 Å². The lowest BCUT2D eigenvalue weighted by Gasteiger charge is -2.27. The van der Waals surface area contributed by atoms with Crippen LogP contribution < -0.4 is 5.32 Å². The molecule has 1 aliphatic rings. The Hall–Kier alpha value is -2.30. The van der Waals surface area contributed by atoms with Crippen LogP contribution in [0.15, 0.2) is 41.1 Å². The van der Waals surface area contributed by atoms with Gasteiger partial charge in [0.2, 0.25) is 0 Å². The molecule has 5 heteroatoms. The van der Waals surface area contributed by atoms with Crippen LogP contribution in [0.5, 0.6) is 0 Å². The Kier molecular flexibility index (Phi) is 5.18. The summed E-state index contributed by atoms with van der Waals surface area (Å²) in [7, 11) is 0. The molecule has 3 heterocycles. The number of furan rings is 1. The van der Waals surface area contributed by atoms with Crippen molar-refractivity contribution in [3.8, 4) is 0 Å². The Morgan fingerprint density at radius 2 is 2.17 bits per heavy atom. The SMILES string of the molecule is Cc1ccc(CCC(C)NC(=O)N2CCCC2c2ccncc2)o1. The van der Waals surface area contributed by atoms with E-state index in [0.29, 0.717) is 0 Å². The topological polar surface area (TPSA) is 58.4 Å². The van der Waals surface area contributed by atoms with Gasteiger partial charge in [-0.2, -0.15) is 0 Å². The number of pyridine rings is 1. The number of nitrogens with zero attached hydrogens (tertiary/aromatic N) is 2. The summed E-state index contributed by atoms with van der Waals surface area (Å²) in [5, 5.41) is 3.13. The Labute approximate surface area is 143 Å². The third-order valence-electron chi connectivity index (χ3n) is 4.59. The van der Waals surface area contributed by atoms with E-state index in [1.807, 2.05) is 43.0 Å². The highest BCUT2D eigenvalue weighted by atomic mass is 16.3. The average molecular weight is 327 g/mol. The van der Waals surface area contributed by atoms with Gasteiger partial charge < -0.3 is 14.6 Å². The lowest BCUT2D eigenvalue weighted by Crippen LogP contribution is -2.43. The summed E-state index contributed by atoms with van der Waals surface area (Å²) < 4.78 is 5.58. The first-order valence-corrected chi connectivity index (χ1v) is 8.66. The summed E-state index contributed by atoms with van der Waals surface area (Å²) in [5.41, 5.74) is 1.16. The third-order valence-corrected chi connectivity index (χ3v) is 4.59. The largest absolute Gasteiger partial charge is 0.466 e.